The van der Waals surface area contributed by atoms with Crippen LogP contribution < -0.4 is 9.62 Å². The van der Waals surface area contributed by atoms with Gasteiger partial charge < -0.3 is 10.2 Å². The normalized spacial score (nSPS) is 12.2. The van der Waals surface area contributed by atoms with Crippen molar-refractivity contribution in [3.05, 3.63) is 93.6 Å². The number of nitrogens with one attached hydrogen (secondary N) is 1. The van der Waals surface area contributed by atoms with Crippen molar-refractivity contribution in [3.63, 3.8) is 0 Å². The van der Waals surface area contributed by atoms with E-state index in [1.807, 2.05) is 52.0 Å². The first-order chi connectivity index (χ1) is 18.5. The highest BCUT2D eigenvalue weighted by molar-refractivity contribution is 14.1. The molecule has 0 saturated carbocycles. The molecule has 7 nitrogen and oxygen atoms in total. The Bertz CT molecular complexity index is 1360. The molecule has 1 atom stereocenters. The summed E-state index contributed by atoms with van der Waals surface area (Å²) in [4.78, 5) is 28.9. The van der Waals surface area contributed by atoms with Crippen molar-refractivity contribution in [1.82, 2.24) is 10.2 Å². The summed E-state index contributed by atoms with van der Waals surface area (Å²) in [5.74, 6) is -0.456. The van der Waals surface area contributed by atoms with Gasteiger partial charge in [0, 0.05) is 16.7 Å². The van der Waals surface area contributed by atoms with E-state index in [0.717, 1.165) is 19.0 Å². The molecule has 2 amide bonds. The molecule has 3 rings (SSSR count). The Morgan fingerprint density at radius 2 is 1.54 bits per heavy atom. The lowest BCUT2D eigenvalue weighted by molar-refractivity contribution is -0.140. The Morgan fingerprint density at radius 3 is 2.13 bits per heavy atom. The molecule has 0 aliphatic carbocycles. The Balaban J connectivity index is 2.04. The highest BCUT2D eigenvalue weighted by Gasteiger charge is 2.33. The maximum atomic E-state index is 14.1. The number of nitrogens with zero attached hydrogens (tertiary/aromatic N) is 2. The molecule has 0 saturated heterocycles. The number of aryl methyl sites for hydroxylation is 1. The van der Waals surface area contributed by atoms with Gasteiger partial charge in [-0.25, -0.2) is 8.42 Å². The fraction of sp³-hybridized carbons (Fsp3) is 0.333. The van der Waals surface area contributed by atoms with Crippen LogP contribution in [0.4, 0.5) is 5.69 Å². The highest BCUT2D eigenvalue weighted by Crippen LogP contribution is 2.26. The van der Waals surface area contributed by atoms with Crippen LogP contribution in [0, 0.1) is 16.4 Å². The zero-order chi connectivity index (χ0) is 28.6. The zero-order valence-electron chi connectivity index (χ0n) is 22.8. The summed E-state index contributed by atoms with van der Waals surface area (Å²) >= 11 is 2.15. The van der Waals surface area contributed by atoms with Gasteiger partial charge in [-0.3, -0.25) is 13.9 Å². The standard InChI is InChI=1S/C30H36IN3O4S/c1-5-28(30(36)32-19-22(2)3)33(20-24-12-10-9-11-23(24)4)29(35)21-34(26-17-15-25(31)16-18-26)39(37,38)27-13-7-6-8-14-27/h6-18,22,28H,5,19-21H2,1-4H3,(H,32,36)/t28-/m1/s1. The lowest BCUT2D eigenvalue weighted by atomic mass is 10.1. The van der Waals surface area contributed by atoms with Crippen molar-refractivity contribution in [2.75, 3.05) is 17.4 Å². The highest BCUT2D eigenvalue weighted by atomic mass is 127. The van der Waals surface area contributed by atoms with E-state index in [-0.39, 0.29) is 23.3 Å². The topological polar surface area (TPSA) is 86.8 Å². The molecule has 3 aromatic rings. The van der Waals surface area contributed by atoms with E-state index in [2.05, 4.69) is 27.9 Å². The predicted octanol–water partition coefficient (Wildman–Crippen LogP) is 5.37. The molecule has 3 aromatic carbocycles. The van der Waals surface area contributed by atoms with Crippen LogP contribution in [0.15, 0.2) is 83.8 Å². The van der Waals surface area contributed by atoms with Gasteiger partial charge in [0.25, 0.3) is 10.0 Å². The van der Waals surface area contributed by atoms with Gasteiger partial charge in [-0.15, -0.1) is 0 Å². The molecule has 208 valence electrons. The number of hydrogen-bond donors (Lipinski definition) is 1. The van der Waals surface area contributed by atoms with Gasteiger partial charge in [0.1, 0.15) is 12.6 Å². The minimum Gasteiger partial charge on any atom is -0.354 e. The lowest BCUT2D eigenvalue weighted by Gasteiger charge is -2.33. The van der Waals surface area contributed by atoms with Crippen LogP contribution in [0.25, 0.3) is 0 Å². The Morgan fingerprint density at radius 1 is 0.923 bits per heavy atom. The van der Waals surface area contributed by atoms with Gasteiger partial charge >= 0.3 is 0 Å². The van der Waals surface area contributed by atoms with E-state index >= 15 is 0 Å². The quantitative estimate of drug-likeness (QED) is 0.265. The van der Waals surface area contributed by atoms with Gasteiger partial charge in [-0.1, -0.05) is 63.2 Å². The third-order valence-corrected chi connectivity index (χ3v) is 8.90. The zero-order valence-corrected chi connectivity index (χ0v) is 25.8. The third-order valence-electron chi connectivity index (χ3n) is 6.40. The number of hydrogen-bond acceptors (Lipinski definition) is 4. The van der Waals surface area contributed by atoms with Gasteiger partial charge in [-0.2, -0.15) is 0 Å². The summed E-state index contributed by atoms with van der Waals surface area (Å²) in [7, 11) is -4.07. The van der Waals surface area contributed by atoms with E-state index in [9.17, 15) is 18.0 Å². The Hall–Kier alpha value is -2.92. The first-order valence-corrected chi connectivity index (χ1v) is 15.5. The minimum atomic E-state index is -4.07. The molecular weight excluding hydrogens is 625 g/mol. The second kappa shape index (κ2) is 13.9. The predicted molar refractivity (Wildman–Crippen MR) is 164 cm³/mol. The summed E-state index contributed by atoms with van der Waals surface area (Å²) in [6.07, 6.45) is 0.385. The van der Waals surface area contributed by atoms with Crippen LogP contribution >= 0.6 is 22.6 Å². The van der Waals surface area contributed by atoms with Crippen LogP contribution in [-0.2, 0) is 26.2 Å². The smallest absolute Gasteiger partial charge is 0.264 e. The summed E-state index contributed by atoms with van der Waals surface area (Å²) in [6.45, 7) is 8.04. The molecule has 0 aliphatic rings. The van der Waals surface area contributed by atoms with Crippen molar-refractivity contribution < 1.29 is 18.0 Å². The summed E-state index contributed by atoms with van der Waals surface area (Å²) in [5, 5.41) is 2.95. The second-order valence-electron chi connectivity index (χ2n) is 9.81. The van der Waals surface area contributed by atoms with E-state index in [4.69, 9.17) is 0 Å². The SMILES string of the molecule is CC[C@H](C(=O)NCC(C)C)N(Cc1ccccc1C)C(=O)CN(c1ccc(I)cc1)S(=O)(=O)c1ccccc1. The van der Waals surface area contributed by atoms with Crippen molar-refractivity contribution in [2.45, 2.75) is 51.6 Å². The average Bonchev–Trinajstić information content (AvgIpc) is 2.92. The Kier molecular flexibility index (Phi) is 10.9. The number of rotatable bonds is 12. The van der Waals surface area contributed by atoms with Crippen molar-refractivity contribution in [2.24, 2.45) is 5.92 Å². The molecule has 39 heavy (non-hydrogen) atoms. The third kappa shape index (κ3) is 8.04. The molecule has 0 spiro atoms. The molecule has 0 bridgehead atoms. The maximum absolute atomic E-state index is 14.1. The first-order valence-electron chi connectivity index (χ1n) is 13.0. The molecule has 0 unspecified atom stereocenters. The fourth-order valence-electron chi connectivity index (χ4n) is 4.17. The molecular formula is C30H36IN3O4S. The summed E-state index contributed by atoms with van der Waals surface area (Å²) < 4.78 is 29.7. The number of carbonyl (C=O) groups is 2. The molecule has 0 aliphatic heterocycles. The number of anilines is 1. The second-order valence-corrected chi connectivity index (χ2v) is 12.9. The van der Waals surface area contributed by atoms with Crippen molar-refractivity contribution >= 4 is 50.1 Å². The number of carbonyl (C=O) groups excluding carboxylic acids is 2. The molecule has 0 radical (unpaired) electrons. The average molecular weight is 662 g/mol. The first kappa shape index (κ1) is 30.6. The lowest BCUT2D eigenvalue weighted by Crippen LogP contribution is -2.52. The van der Waals surface area contributed by atoms with Crippen molar-refractivity contribution in [1.29, 1.82) is 0 Å². The minimum absolute atomic E-state index is 0.0866. The summed E-state index contributed by atoms with van der Waals surface area (Å²) in [6, 6.07) is 22.0. The maximum Gasteiger partial charge on any atom is 0.264 e. The van der Waals surface area contributed by atoms with E-state index in [0.29, 0.717) is 18.7 Å². The van der Waals surface area contributed by atoms with E-state index in [1.165, 1.54) is 17.0 Å². The van der Waals surface area contributed by atoms with Gasteiger partial charge in [0.05, 0.1) is 10.6 Å². The monoisotopic (exact) mass is 661 g/mol. The molecule has 0 fully saturated rings. The van der Waals surface area contributed by atoms with Gasteiger partial charge in [-0.05, 0) is 89.4 Å². The number of sulfonamides is 1. The molecule has 1 N–H and O–H groups in total. The largest absolute Gasteiger partial charge is 0.354 e. The number of amides is 2. The fourth-order valence-corrected chi connectivity index (χ4v) is 5.96. The number of halogens is 1. The van der Waals surface area contributed by atoms with E-state index < -0.39 is 28.5 Å². The molecule has 0 heterocycles. The van der Waals surface area contributed by atoms with Gasteiger partial charge in [0.15, 0.2) is 0 Å². The van der Waals surface area contributed by atoms with Crippen LogP contribution in [0.2, 0.25) is 0 Å². The van der Waals surface area contributed by atoms with Gasteiger partial charge in [0.2, 0.25) is 11.8 Å². The van der Waals surface area contributed by atoms with Crippen LogP contribution in [-0.4, -0.2) is 44.3 Å². The van der Waals surface area contributed by atoms with Crippen LogP contribution in [0.1, 0.15) is 38.3 Å². The molecule has 0 aromatic heterocycles. The Labute approximate surface area is 245 Å². The summed E-state index contributed by atoms with van der Waals surface area (Å²) in [5.41, 5.74) is 2.26. The van der Waals surface area contributed by atoms with Crippen LogP contribution in [0.5, 0.6) is 0 Å². The van der Waals surface area contributed by atoms with E-state index in [1.54, 1.807) is 42.5 Å². The van der Waals surface area contributed by atoms with Crippen molar-refractivity contribution in [3.8, 4) is 0 Å². The molecule has 9 heteroatoms. The van der Waals surface area contributed by atoms with Crippen LogP contribution in [0.3, 0.4) is 0 Å². The number of benzene rings is 3.